The van der Waals surface area contributed by atoms with E-state index in [-0.39, 0.29) is 4.90 Å². The molecule has 1 N–H and O–H groups in total. The number of hydrogen-bond acceptors (Lipinski definition) is 5. The standard InChI is InChI=1S/C18H16F3NO5S/c1-27-18(24)15(7-8-28(25,26)12-5-3-2-4-6-12)22-17(23)16-13(20)9-11(19)10-14(16)21/h2-6,9-10,15H,7-8H2,1H3,(H,22,23)/t15-/m0/s1. The average Bonchev–Trinajstić information content (AvgIpc) is 2.64. The number of nitrogens with one attached hydrogen (secondary N) is 1. The van der Waals surface area contributed by atoms with E-state index in [1.54, 1.807) is 6.07 Å². The fourth-order valence-electron chi connectivity index (χ4n) is 2.40. The molecule has 2 aromatic rings. The maximum atomic E-state index is 13.7. The summed E-state index contributed by atoms with van der Waals surface area (Å²) in [4.78, 5) is 24.0. The molecule has 0 fully saturated rings. The summed E-state index contributed by atoms with van der Waals surface area (Å²) in [5, 5.41) is 2.03. The van der Waals surface area contributed by atoms with Crippen LogP contribution in [0, 0.1) is 17.5 Å². The zero-order chi connectivity index (χ0) is 20.9. The Kier molecular flexibility index (Phi) is 6.79. The van der Waals surface area contributed by atoms with Crippen molar-refractivity contribution >= 4 is 21.7 Å². The number of carbonyl (C=O) groups is 2. The maximum Gasteiger partial charge on any atom is 0.328 e. The predicted molar refractivity (Wildman–Crippen MR) is 92.7 cm³/mol. The molecule has 10 heteroatoms. The van der Waals surface area contributed by atoms with E-state index in [9.17, 15) is 31.2 Å². The zero-order valence-corrected chi connectivity index (χ0v) is 15.4. The lowest BCUT2D eigenvalue weighted by Gasteiger charge is -2.17. The first-order chi connectivity index (χ1) is 13.2. The van der Waals surface area contributed by atoms with E-state index in [4.69, 9.17) is 0 Å². The number of rotatable bonds is 7. The fraction of sp³-hybridized carbons (Fsp3) is 0.222. The van der Waals surface area contributed by atoms with Crippen LogP contribution in [0.25, 0.3) is 0 Å². The number of amides is 1. The Bertz CT molecular complexity index is 957. The lowest BCUT2D eigenvalue weighted by atomic mass is 10.1. The number of ether oxygens (including phenoxy) is 1. The zero-order valence-electron chi connectivity index (χ0n) is 14.6. The van der Waals surface area contributed by atoms with Gasteiger partial charge in [0.25, 0.3) is 5.91 Å². The first-order valence-corrected chi connectivity index (χ1v) is 9.62. The number of sulfone groups is 1. The second-order valence-electron chi connectivity index (χ2n) is 5.71. The van der Waals surface area contributed by atoms with Crippen LogP contribution >= 0.6 is 0 Å². The summed E-state index contributed by atoms with van der Waals surface area (Å²) >= 11 is 0. The van der Waals surface area contributed by atoms with Gasteiger partial charge in [0.2, 0.25) is 0 Å². The minimum absolute atomic E-state index is 0.0144. The lowest BCUT2D eigenvalue weighted by Crippen LogP contribution is -2.43. The minimum atomic E-state index is -3.78. The molecule has 0 aliphatic carbocycles. The van der Waals surface area contributed by atoms with Gasteiger partial charge in [-0.2, -0.15) is 0 Å². The van der Waals surface area contributed by atoms with Gasteiger partial charge in [0.15, 0.2) is 9.84 Å². The molecular weight excluding hydrogens is 399 g/mol. The van der Waals surface area contributed by atoms with Gasteiger partial charge < -0.3 is 10.1 Å². The van der Waals surface area contributed by atoms with Crippen molar-refractivity contribution in [3.05, 3.63) is 65.5 Å². The van der Waals surface area contributed by atoms with E-state index in [2.05, 4.69) is 4.74 Å². The Morgan fingerprint density at radius 1 is 1.07 bits per heavy atom. The summed E-state index contributed by atoms with van der Waals surface area (Å²) in [6, 6.07) is 6.53. The summed E-state index contributed by atoms with van der Waals surface area (Å²) in [7, 11) is -2.77. The summed E-state index contributed by atoms with van der Waals surface area (Å²) in [6.45, 7) is 0. The highest BCUT2D eigenvalue weighted by atomic mass is 32.2. The van der Waals surface area contributed by atoms with Crippen molar-refractivity contribution in [3.8, 4) is 0 Å². The average molecular weight is 415 g/mol. The molecule has 2 aromatic carbocycles. The van der Waals surface area contributed by atoms with Crippen molar-refractivity contribution in [3.63, 3.8) is 0 Å². The Hall–Kier alpha value is -2.88. The van der Waals surface area contributed by atoms with Gasteiger partial charge in [-0.05, 0) is 18.6 Å². The van der Waals surface area contributed by atoms with E-state index in [0.29, 0.717) is 12.1 Å². The van der Waals surface area contributed by atoms with Crippen LogP contribution in [-0.4, -0.2) is 39.2 Å². The molecule has 0 aliphatic heterocycles. The number of esters is 1. The fourth-order valence-corrected chi connectivity index (χ4v) is 3.75. The lowest BCUT2D eigenvalue weighted by molar-refractivity contribution is -0.142. The van der Waals surface area contributed by atoms with Gasteiger partial charge in [-0.25, -0.2) is 26.4 Å². The van der Waals surface area contributed by atoms with Crippen LogP contribution in [0.1, 0.15) is 16.8 Å². The molecule has 0 bridgehead atoms. The Morgan fingerprint density at radius 3 is 2.18 bits per heavy atom. The van der Waals surface area contributed by atoms with Crippen molar-refractivity contribution in [2.75, 3.05) is 12.9 Å². The summed E-state index contributed by atoms with van der Waals surface area (Å²) < 4.78 is 69.6. The predicted octanol–water partition coefficient (Wildman–Crippen LogP) is 2.24. The van der Waals surface area contributed by atoms with Gasteiger partial charge >= 0.3 is 5.97 Å². The SMILES string of the molecule is COC(=O)[C@H](CCS(=O)(=O)c1ccccc1)NC(=O)c1c(F)cc(F)cc1F. The van der Waals surface area contributed by atoms with E-state index >= 15 is 0 Å². The van der Waals surface area contributed by atoms with Gasteiger partial charge in [-0.15, -0.1) is 0 Å². The van der Waals surface area contributed by atoms with Crippen LogP contribution in [0.3, 0.4) is 0 Å². The second kappa shape index (κ2) is 8.87. The highest BCUT2D eigenvalue weighted by molar-refractivity contribution is 7.91. The van der Waals surface area contributed by atoms with Crippen LogP contribution in [-0.2, 0) is 19.4 Å². The minimum Gasteiger partial charge on any atom is -0.467 e. The molecule has 6 nitrogen and oxygen atoms in total. The van der Waals surface area contributed by atoms with Crippen molar-refractivity contribution in [1.82, 2.24) is 5.32 Å². The number of methoxy groups -OCH3 is 1. The van der Waals surface area contributed by atoms with Gasteiger partial charge in [0, 0.05) is 12.1 Å². The third kappa shape index (κ3) is 5.10. The van der Waals surface area contributed by atoms with E-state index in [0.717, 1.165) is 7.11 Å². The summed E-state index contributed by atoms with van der Waals surface area (Å²) in [5.74, 6) is -7.02. The maximum absolute atomic E-state index is 13.7. The van der Waals surface area contributed by atoms with Crippen LogP contribution in [0.5, 0.6) is 0 Å². The molecule has 0 saturated heterocycles. The molecule has 150 valence electrons. The largest absolute Gasteiger partial charge is 0.467 e. The quantitative estimate of drug-likeness (QED) is 0.701. The van der Waals surface area contributed by atoms with E-state index in [1.807, 2.05) is 5.32 Å². The monoisotopic (exact) mass is 415 g/mol. The van der Waals surface area contributed by atoms with Crippen molar-refractivity contribution < 1.29 is 35.9 Å². The summed E-state index contributed by atoms with van der Waals surface area (Å²) in [5.41, 5.74) is -1.10. The van der Waals surface area contributed by atoms with Crippen molar-refractivity contribution in [2.45, 2.75) is 17.4 Å². The Labute approximate surface area is 159 Å². The second-order valence-corrected chi connectivity index (χ2v) is 7.82. The molecule has 0 unspecified atom stereocenters. The van der Waals surface area contributed by atoms with Crippen molar-refractivity contribution in [2.24, 2.45) is 0 Å². The molecule has 0 aliphatic rings. The highest BCUT2D eigenvalue weighted by Gasteiger charge is 2.28. The smallest absolute Gasteiger partial charge is 0.328 e. The molecule has 0 radical (unpaired) electrons. The first-order valence-electron chi connectivity index (χ1n) is 7.96. The molecule has 0 aromatic heterocycles. The van der Waals surface area contributed by atoms with E-state index in [1.165, 1.54) is 24.3 Å². The molecule has 2 rings (SSSR count). The topological polar surface area (TPSA) is 89.5 Å². The van der Waals surface area contributed by atoms with Crippen LogP contribution in [0.4, 0.5) is 13.2 Å². The third-order valence-electron chi connectivity index (χ3n) is 3.80. The van der Waals surface area contributed by atoms with Crippen LogP contribution in [0.15, 0.2) is 47.4 Å². The van der Waals surface area contributed by atoms with Gasteiger partial charge in [0.05, 0.1) is 17.8 Å². The normalized spacial score (nSPS) is 12.3. The first kappa shape index (κ1) is 21.4. The Balaban J connectivity index is 2.19. The highest BCUT2D eigenvalue weighted by Crippen LogP contribution is 2.16. The van der Waals surface area contributed by atoms with Gasteiger partial charge in [-0.3, -0.25) is 4.79 Å². The van der Waals surface area contributed by atoms with Gasteiger partial charge in [0.1, 0.15) is 29.1 Å². The molecule has 1 atom stereocenters. The van der Waals surface area contributed by atoms with Crippen LogP contribution < -0.4 is 5.32 Å². The number of hydrogen-bond donors (Lipinski definition) is 1. The molecule has 0 saturated carbocycles. The summed E-state index contributed by atoms with van der Waals surface area (Å²) in [6.07, 6.45) is -0.403. The molecule has 1 amide bonds. The van der Waals surface area contributed by atoms with Crippen LogP contribution in [0.2, 0.25) is 0 Å². The molecule has 28 heavy (non-hydrogen) atoms. The third-order valence-corrected chi connectivity index (χ3v) is 5.57. The molecular formula is C18H16F3NO5S. The Morgan fingerprint density at radius 2 is 1.64 bits per heavy atom. The molecule has 0 heterocycles. The number of halogens is 3. The van der Waals surface area contributed by atoms with Crippen molar-refractivity contribution in [1.29, 1.82) is 0 Å². The number of carbonyl (C=O) groups excluding carboxylic acids is 2. The van der Waals surface area contributed by atoms with E-state index < -0.39 is 62.9 Å². The molecule has 0 spiro atoms. The number of benzene rings is 2. The van der Waals surface area contributed by atoms with Gasteiger partial charge in [-0.1, -0.05) is 18.2 Å².